The number of nitrogens with one attached hydrogen (secondary N) is 1. The fourth-order valence-corrected chi connectivity index (χ4v) is 4.11. The highest BCUT2D eigenvalue weighted by Gasteiger charge is 2.29. The summed E-state index contributed by atoms with van der Waals surface area (Å²) in [4.78, 5) is 2.80. The van der Waals surface area contributed by atoms with Crippen LogP contribution >= 0.6 is 0 Å². The van der Waals surface area contributed by atoms with Crippen molar-refractivity contribution in [3.05, 3.63) is 0 Å². The van der Waals surface area contributed by atoms with Crippen LogP contribution in [0.4, 0.5) is 0 Å². The van der Waals surface area contributed by atoms with Gasteiger partial charge in [-0.25, -0.2) is 0 Å². The van der Waals surface area contributed by atoms with Crippen molar-refractivity contribution in [1.29, 1.82) is 0 Å². The van der Waals surface area contributed by atoms with Gasteiger partial charge in [-0.3, -0.25) is 4.90 Å². The van der Waals surface area contributed by atoms with E-state index in [1.54, 1.807) is 0 Å². The second-order valence-corrected chi connectivity index (χ2v) is 6.86. The minimum atomic E-state index is 0.768. The summed E-state index contributed by atoms with van der Waals surface area (Å²) in [5, 5.41) is 3.67. The molecule has 2 rings (SSSR count). The summed E-state index contributed by atoms with van der Waals surface area (Å²) in [5.74, 6) is 1.85. The van der Waals surface area contributed by atoms with Crippen molar-refractivity contribution in [3.8, 4) is 0 Å². The van der Waals surface area contributed by atoms with Crippen molar-refractivity contribution in [2.45, 2.75) is 71.4 Å². The lowest BCUT2D eigenvalue weighted by molar-refractivity contribution is 0.101. The number of rotatable bonds is 5. The molecule has 3 atom stereocenters. The predicted octanol–water partition coefficient (Wildman–Crippen LogP) is 3.28. The lowest BCUT2D eigenvalue weighted by Gasteiger charge is -2.40. The second-order valence-electron chi connectivity index (χ2n) is 6.86. The normalized spacial score (nSPS) is 37.3. The molecule has 1 heterocycles. The van der Waals surface area contributed by atoms with Gasteiger partial charge in [-0.05, 0) is 63.5 Å². The van der Waals surface area contributed by atoms with Crippen LogP contribution in [0.3, 0.4) is 0 Å². The van der Waals surface area contributed by atoms with Gasteiger partial charge < -0.3 is 5.32 Å². The molecule has 0 bridgehead atoms. The molecule has 0 radical (unpaired) electrons. The van der Waals surface area contributed by atoms with Crippen molar-refractivity contribution >= 4 is 0 Å². The van der Waals surface area contributed by atoms with Crippen LogP contribution in [-0.2, 0) is 0 Å². The van der Waals surface area contributed by atoms with Crippen LogP contribution in [0.5, 0.6) is 0 Å². The van der Waals surface area contributed by atoms with Gasteiger partial charge in [0.05, 0.1) is 0 Å². The molecule has 106 valence electrons. The molecular formula is C16H32N2. The first-order valence-corrected chi connectivity index (χ1v) is 8.16. The molecular weight excluding hydrogens is 220 g/mol. The van der Waals surface area contributed by atoms with Gasteiger partial charge in [0, 0.05) is 18.6 Å². The SMILES string of the molecule is CCCN(CC1CCCN1)C1CC(C)CC(C)C1. The predicted molar refractivity (Wildman–Crippen MR) is 78.9 cm³/mol. The van der Waals surface area contributed by atoms with Crippen molar-refractivity contribution in [3.63, 3.8) is 0 Å². The summed E-state index contributed by atoms with van der Waals surface area (Å²) in [5.41, 5.74) is 0. The van der Waals surface area contributed by atoms with Crippen LogP contribution in [0.1, 0.15) is 59.3 Å². The summed E-state index contributed by atoms with van der Waals surface area (Å²) in [6, 6.07) is 1.62. The zero-order chi connectivity index (χ0) is 13.0. The minimum absolute atomic E-state index is 0.768. The molecule has 18 heavy (non-hydrogen) atoms. The Morgan fingerprint density at radius 2 is 1.83 bits per heavy atom. The average molecular weight is 252 g/mol. The molecule has 0 spiro atoms. The quantitative estimate of drug-likeness (QED) is 0.808. The van der Waals surface area contributed by atoms with Gasteiger partial charge in [0.25, 0.3) is 0 Å². The summed E-state index contributed by atoms with van der Waals surface area (Å²) >= 11 is 0. The first-order valence-electron chi connectivity index (χ1n) is 8.16. The maximum absolute atomic E-state index is 3.67. The average Bonchev–Trinajstić information content (AvgIpc) is 2.80. The Bertz CT molecular complexity index is 225. The highest BCUT2D eigenvalue weighted by Crippen LogP contribution is 2.32. The largest absolute Gasteiger partial charge is 0.313 e. The molecule has 3 unspecified atom stereocenters. The van der Waals surface area contributed by atoms with Crippen LogP contribution in [-0.4, -0.2) is 36.6 Å². The molecule has 1 saturated carbocycles. The highest BCUT2D eigenvalue weighted by atomic mass is 15.2. The molecule has 0 aromatic carbocycles. The molecule has 0 aromatic rings. The molecule has 1 aliphatic heterocycles. The van der Waals surface area contributed by atoms with Crippen molar-refractivity contribution < 1.29 is 0 Å². The fourth-order valence-electron chi connectivity index (χ4n) is 4.11. The molecule has 2 heteroatoms. The first kappa shape index (κ1) is 14.3. The van der Waals surface area contributed by atoms with Crippen LogP contribution in [0, 0.1) is 11.8 Å². The molecule has 0 amide bonds. The number of hydrogen-bond acceptors (Lipinski definition) is 2. The number of nitrogens with zero attached hydrogens (tertiary/aromatic N) is 1. The standard InChI is InChI=1S/C16H32N2/c1-4-8-18(12-15-6-5-7-17-15)16-10-13(2)9-14(3)11-16/h13-17H,4-12H2,1-3H3. The van der Waals surface area contributed by atoms with Crippen LogP contribution in [0.2, 0.25) is 0 Å². The minimum Gasteiger partial charge on any atom is -0.313 e. The van der Waals surface area contributed by atoms with Crippen LogP contribution in [0.15, 0.2) is 0 Å². The molecule has 0 aromatic heterocycles. The Balaban J connectivity index is 1.90. The number of hydrogen-bond donors (Lipinski definition) is 1. The van der Waals surface area contributed by atoms with Crippen molar-refractivity contribution in [1.82, 2.24) is 10.2 Å². The summed E-state index contributed by atoms with van der Waals surface area (Å²) in [7, 11) is 0. The van der Waals surface area contributed by atoms with E-state index in [1.165, 1.54) is 58.2 Å². The summed E-state index contributed by atoms with van der Waals surface area (Å²) in [6.07, 6.45) is 8.36. The maximum atomic E-state index is 3.67. The third-order valence-electron chi connectivity index (χ3n) is 4.80. The van der Waals surface area contributed by atoms with Crippen molar-refractivity contribution in [2.24, 2.45) is 11.8 Å². The van der Waals surface area contributed by atoms with E-state index in [2.05, 4.69) is 31.0 Å². The third kappa shape index (κ3) is 3.96. The summed E-state index contributed by atoms with van der Waals surface area (Å²) in [6.45, 7) is 11.0. The lowest BCUT2D eigenvalue weighted by atomic mass is 9.79. The van der Waals surface area contributed by atoms with Gasteiger partial charge in [-0.15, -0.1) is 0 Å². The summed E-state index contributed by atoms with van der Waals surface area (Å²) < 4.78 is 0. The van der Waals surface area contributed by atoms with E-state index in [0.29, 0.717) is 0 Å². The monoisotopic (exact) mass is 252 g/mol. The van der Waals surface area contributed by atoms with E-state index in [9.17, 15) is 0 Å². The Morgan fingerprint density at radius 1 is 1.11 bits per heavy atom. The molecule has 2 aliphatic rings. The van der Waals surface area contributed by atoms with Crippen LogP contribution in [0.25, 0.3) is 0 Å². The molecule has 2 nitrogen and oxygen atoms in total. The molecule has 1 saturated heterocycles. The van der Waals surface area contributed by atoms with E-state index < -0.39 is 0 Å². The molecule has 1 aliphatic carbocycles. The van der Waals surface area contributed by atoms with E-state index in [4.69, 9.17) is 0 Å². The second kappa shape index (κ2) is 6.91. The van der Waals surface area contributed by atoms with Gasteiger partial charge in [0.2, 0.25) is 0 Å². The van der Waals surface area contributed by atoms with Gasteiger partial charge in [0.1, 0.15) is 0 Å². The smallest absolute Gasteiger partial charge is 0.0195 e. The van der Waals surface area contributed by atoms with Gasteiger partial charge in [0.15, 0.2) is 0 Å². The Kier molecular flexibility index (Phi) is 5.50. The zero-order valence-corrected chi connectivity index (χ0v) is 12.6. The Hall–Kier alpha value is -0.0800. The van der Waals surface area contributed by atoms with E-state index in [-0.39, 0.29) is 0 Å². The zero-order valence-electron chi connectivity index (χ0n) is 12.6. The highest BCUT2D eigenvalue weighted by molar-refractivity contribution is 4.85. The van der Waals surface area contributed by atoms with Gasteiger partial charge in [-0.2, -0.15) is 0 Å². The van der Waals surface area contributed by atoms with E-state index >= 15 is 0 Å². The lowest BCUT2D eigenvalue weighted by Crippen LogP contribution is -2.46. The topological polar surface area (TPSA) is 15.3 Å². The fraction of sp³-hybridized carbons (Fsp3) is 1.00. The Morgan fingerprint density at radius 3 is 2.39 bits per heavy atom. The first-order chi connectivity index (χ1) is 8.69. The molecule has 2 fully saturated rings. The van der Waals surface area contributed by atoms with Crippen LogP contribution < -0.4 is 5.32 Å². The molecule has 1 N–H and O–H groups in total. The van der Waals surface area contributed by atoms with Gasteiger partial charge in [-0.1, -0.05) is 20.8 Å². The maximum Gasteiger partial charge on any atom is 0.0195 e. The van der Waals surface area contributed by atoms with E-state index in [1.807, 2.05) is 0 Å². The third-order valence-corrected chi connectivity index (χ3v) is 4.80. The van der Waals surface area contributed by atoms with E-state index in [0.717, 1.165) is 23.9 Å². The Labute approximate surface area is 114 Å². The van der Waals surface area contributed by atoms with Gasteiger partial charge >= 0.3 is 0 Å². The van der Waals surface area contributed by atoms with Crippen molar-refractivity contribution in [2.75, 3.05) is 19.6 Å².